The van der Waals surface area contributed by atoms with Crippen molar-refractivity contribution < 1.29 is 9.59 Å². The first-order chi connectivity index (χ1) is 10.1. The van der Waals surface area contributed by atoms with Gasteiger partial charge in [0.1, 0.15) is 0 Å². The van der Waals surface area contributed by atoms with Crippen LogP contribution in [0.3, 0.4) is 0 Å². The molecule has 3 rings (SSSR count). The van der Waals surface area contributed by atoms with Crippen molar-refractivity contribution in [2.24, 2.45) is 11.7 Å². The predicted molar refractivity (Wildman–Crippen MR) is 80.9 cm³/mol. The SMILES string of the molecule is NC1CCCC1C(=O)Nc1ccc(C(=O)NC2CC2)cc1. The van der Waals surface area contributed by atoms with Crippen LogP contribution in [0.15, 0.2) is 24.3 Å². The molecule has 2 aliphatic carbocycles. The lowest BCUT2D eigenvalue weighted by atomic mass is 10.0. The van der Waals surface area contributed by atoms with Crippen LogP contribution in [0.2, 0.25) is 0 Å². The number of benzene rings is 1. The van der Waals surface area contributed by atoms with Gasteiger partial charge in [0.25, 0.3) is 5.91 Å². The summed E-state index contributed by atoms with van der Waals surface area (Å²) in [5.41, 5.74) is 7.27. The average molecular weight is 287 g/mol. The molecule has 4 N–H and O–H groups in total. The Labute approximate surface area is 124 Å². The summed E-state index contributed by atoms with van der Waals surface area (Å²) < 4.78 is 0. The Morgan fingerprint density at radius 1 is 1.05 bits per heavy atom. The molecule has 1 aromatic carbocycles. The van der Waals surface area contributed by atoms with Crippen LogP contribution in [0.25, 0.3) is 0 Å². The van der Waals surface area contributed by atoms with Gasteiger partial charge < -0.3 is 16.4 Å². The minimum Gasteiger partial charge on any atom is -0.349 e. The highest BCUT2D eigenvalue weighted by molar-refractivity contribution is 5.96. The number of nitrogens with one attached hydrogen (secondary N) is 2. The van der Waals surface area contributed by atoms with Gasteiger partial charge in [-0.25, -0.2) is 0 Å². The normalized spacial score (nSPS) is 24.6. The quantitative estimate of drug-likeness (QED) is 0.787. The first kappa shape index (κ1) is 14.1. The van der Waals surface area contributed by atoms with Crippen LogP contribution in [-0.2, 0) is 4.79 Å². The van der Waals surface area contributed by atoms with Gasteiger partial charge in [-0.2, -0.15) is 0 Å². The molecule has 0 saturated heterocycles. The molecule has 5 heteroatoms. The van der Waals surface area contributed by atoms with Gasteiger partial charge in [-0.15, -0.1) is 0 Å². The van der Waals surface area contributed by atoms with Gasteiger partial charge in [0.15, 0.2) is 0 Å². The second kappa shape index (κ2) is 5.85. The lowest BCUT2D eigenvalue weighted by Crippen LogP contribution is -2.34. The van der Waals surface area contributed by atoms with E-state index in [0.717, 1.165) is 32.1 Å². The number of carbonyl (C=O) groups excluding carboxylic acids is 2. The number of hydrogen-bond donors (Lipinski definition) is 3. The number of rotatable bonds is 4. The molecule has 2 saturated carbocycles. The molecule has 0 aromatic heterocycles. The van der Waals surface area contributed by atoms with Crippen LogP contribution in [0.4, 0.5) is 5.69 Å². The topological polar surface area (TPSA) is 84.2 Å². The molecular weight excluding hydrogens is 266 g/mol. The summed E-state index contributed by atoms with van der Waals surface area (Å²) in [6.07, 6.45) is 4.93. The second-order valence-electron chi connectivity index (χ2n) is 6.02. The Kier molecular flexibility index (Phi) is 3.92. The van der Waals surface area contributed by atoms with E-state index >= 15 is 0 Å². The zero-order valence-corrected chi connectivity index (χ0v) is 12.0. The molecule has 2 amide bonds. The Bertz CT molecular complexity index is 537. The predicted octanol–water partition coefficient (Wildman–Crippen LogP) is 1.64. The molecule has 2 atom stereocenters. The van der Waals surface area contributed by atoms with Crippen molar-refractivity contribution >= 4 is 17.5 Å². The molecule has 2 fully saturated rings. The maximum absolute atomic E-state index is 12.1. The highest BCUT2D eigenvalue weighted by Gasteiger charge is 2.30. The molecule has 0 spiro atoms. The summed E-state index contributed by atoms with van der Waals surface area (Å²) in [6.45, 7) is 0. The van der Waals surface area contributed by atoms with E-state index in [1.165, 1.54) is 0 Å². The minimum atomic E-state index is -0.0946. The van der Waals surface area contributed by atoms with Gasteiger partial charge >= 0.3 is 0 Å². The molecule has 0 radical (unpaired) electrons. The van der Waals surface area contributed by atoms with E-state index < -0.39 is 0 Å². The van der Waals surface area contributed by atoms with Crippen LogP contribution in [0, 0.1) is 5.92 Å². The second-order valence-corrected chi connectivity index (χ2v) is 6.02. The Morgan fingerprint density at radius 3 is 2.33 bits per heavy atom. The molecule has 112 valence electrons. The fourth-order valence-electron chi connectivity index (χ4n) is 2.75. The lowest BCUT2D eigenvalue weighted by Gasteiger charge is -2.15. The van der Waals surface area contributed by atoms with Gasteiger partial charge in [0, 0.05) is 23.3 Å². The molecule has 5 nitrogen and oxygen atoms in total. The van der Waals surface area contributed by atoms with Gasteiger partial charge in [0.2, 0.25) is 5.91 Å². The van der Waals surface area contributed by atoms with Crippen molar-refractivity contribution in [2.75, 3.05) is 5.32 Å². The molecule has 0 heterocycles. The first-order valence-corrected chi connectivity index (χ1v) is 7.61. The van der Waals surface area contributed by atoms with E-state index in [9.17, 15) is 9.59 Å². The number of amides is 2. The average Bonchev–Trinajstić information content (AvgIpc) is 3.18. The van der Waals surface area contributed by atoms with Crippen LogP contribution in [0.5, 0.6) is 0 Å². The smallest absolute Gasteiger partial charge is 0.251 e. The molecule has 21 heavy (non-hydrogen) atoms. The summed E-state index contributed by atoms with van der Waals surface area (Å²) in [5.74, 6) is -0.161. The molecule has 0 aliphatic heterocycles. The fraction of sp³-hybridized carbons (Fsp3) is 0.500. The number of carbonyl (C=O) groups is 2. The summed E-state index contributed by atoms with van der Waals surface area (Å²) in [7, 11) is 0. The van der Waals surface area contributed by atoms with E-state index in [1.54, 1.807) is 24.3 Å². The third-order valence-corrected chi connectivity index (χ3v) is 4.23. The summed E-state index contributed by atoms with van der Waals surface area (Å²) in [5, 5.41) is 5.82. The van der Waals surface area contributed by atoms with Crippen LogP contribution < -0.4 is 16.4 Å². The van der Waals surface area contributed by atoms with E-state index in [-0.39, 0.29) is 23.8 Å². The first-order valence-electron chi connectivity index (χ1n) is 7.61. The number of hydrogen-bond acceptors (Lipinski definition) is 3. The number of nitrogens with two attached hydrogens (primary N) is 1. The maximum atomic E-state index is 12.1. The van der Waals surface area contributed by atoms with Crippen LogP contribution >= 0.6 is 0 Å². The largest absolute Gasteiger partial charge is 0.349 e. The van der Waals surface area contributed by atoms with Crippen molar-refractivity contribution in [1.29, 1.82) is 0 Å². The van der Waals surface area contributed by atoms with E-state index in [1.807, 2.05) is 0 Å². The monoisotopic (exact) mass is 287 g/mol. The molecular formula is C16H21N3O2. The third-order valence-electron chi connectivity index (χ3n) is 4.23. The van der Waals surface area contributed by atoms with Crippen molar-refractivity contribution in [3.63, 3.8) is 0 Å². The van der Waals surface area contributed by atoms with Crippen molar-refractivity contribution in [3.05, 3.63) is 29.8 Å². The molecule has 2 aliphatic rings. The summed E-state index contributed by atoms with van der Waals surface area (Å²) in [6, 6.07) is 7.32. The van der Waals surface area contributed by atoms with Gasteiger partial charge in [0.05, 0.1) is 5.92 Å². The Morgan fingerprint density at radius 2 is 1.76 bits per heavy atom. The highest BCUT2D eigenvalue weighted by atomic mass is 16.2. The fourth-order valence-corrected chi connectivity index (χ4v) is 2.75. The van der Waals surface area contributed by atoms with E-state index in [0.29, 0.717) is 17.3 Å². The minimum absolute atomic E-state index is 0.0184. The van der Waals surface area contributed by atoms with Crippen LogP contribution in [0.1, 0.15) is 42.5 Å². The zero-order chi connectivity index (χ0) is 14.8. The molecule has 1 aromatic rings. The third kappa shape index (κ3) is 3.42. The standard InChI is InChI=1S/C16H21N3O2/c17-14-3-1-2-13(14)16(21)19-11-6-4-10(5-7-11)15(20)18-12-8-9-12/h4-7,12-14H,1-3,8-9,17H2,(H,18,20)(H,19,21). The van der Waals surface area contributed by atoms with Gasteiger partial charge in [-0.05, 0) is 49.9 Å². The van der Waals surface area contributed by atoms with Crippen molar-refractivity contribution in [3.8, 4) is 0 Å². The zero-order valence-electron chi connectivity index (χ0n) is 12.0. The Balaban J connectivity index is 1.58. The van der Waals surface area contributed by atoms with Gasteiger partial charge in [-0.3, -0.25) is 9.59 Å². The van der Waals surface area contributed by atoms with Crippen molar-refractivity contribution in [1.82, 2.24) is 5.32 Å². The van der Waals surface area contributed by atoms with Crippen molar-refractivity contribution in [2.45, 2.75) is 44.2 Å². The Hall–Kier alpha value is -1.88. The van der Waals surface area contributed by atoms with E-state index in [2.05, 4.69) is 10.6 Å². The van der Waals surface area contributed by atoms with Gasteiger partial charge in [-0.1, -0.05) is 6.42 Å². The molecule has 0 bridgehead atoms. The van der Waals surface area contributed by atoms with E-state index in [4.69, 9.17) is 5.73 Å². The lowest BCUT2D eigenvalue weighted by molar-refractivity contribution is -0.120. The summed E-state index contributed by atoms with van der Waals surface area (Å²) >= 11 is 0. The maximum Gasteiger partial charge on any atom is 0.251 e. The number of anilines is 1. The highest BCUT2D eigenvalue weighted by Crippen LogP contribution is 2.25. The van der Waals surface area contributed by atoms with Crippen LogP contribution in [-0.4, -0.2) is 23.9 Å². The molecule has 2 unspecified atom stereocenters. The summed E-state index contributed by atoms with van der Waals surface area (Å²) in [4.78, 5) is 24.0.